The molecule has 8 heavy (non-hydrogen) atoms. The molecule has 0 aromatic rings. The van der Waals surface area contributed by atoms with Crippen LogP contribution in [0.15, 0.2) is 0 Å². The molecule has 0 saturated heterocycles. The van der Waals surface area contributed by atoms with Crippen LogP contribution < -0.4 is 0 Å². The maximum atomic E-state index is 10.2. The Labute approximate surface area is 57.0 Å². The minimum Gasteiger partial charge on any atom is -0.480 e. The van der Waals surface area contributed by atoms with E-state index in [1.54, 1.807) is 6.92 Å². The first-order valence-electron chi connectivity index (χ1n) is 2.43. The summed E-state index contributed by atoms with van der Waals surface area (Å²) in [4.78, 5) is 10.2. The fourth-order valence-electron chi connectivity index (χ4n) is 0.151. The van der Waals surface area contributed by atoms with Crippen LogP contribution >= 0.6 is 15.9 Å². The highest BCUT2D eigenvalue weighted by Gasteiger charge is 2.26. The molecule has 0 unspecified atom stereocenters. The van der Waals surface area contributed by atoms with Gasteiger partial charge in [0.2, 0.25) is 0 Å². The van der Waals surface area contributed by atoms with Crippen molar-refractivity contribution in [1.82, 2.24) is 0 Å². The van der Waals surface area contributed by atoms with Crippen LogP contribution in [0.1, 0.15) is 20.3 Å². The van der Waals surface area contributed by atoms with Gasteiger partial charge in [0.15, 0.2) is 0 Å². The summed E-state index contributed by atoms with van der Waals surface area (Å²) < 4.78 is -0.729. The molecule has 0 spiro atoms. The number of hydrogen-bond donors (Lipinski definition) is 1. The molecule has 0 aromatic carbocycles. The third kappa shape index (κ3) is 1.82. The highest BCUT2D eigenvalue weighted by molar-refractivity contribution is 9.10. The molecule has 0 saturated carbocycles. The maximum absolute atomic E-state index is 10.2. The van der Waals surface area contributed by atoms with Crippen molar-refractivity contribution in [3.05, 3.63) is 0 Å². The monoisotopic (exact) mass is 180 g/mol. The van der Waals surface area contributed by atoms with Gasteiger partial charge >= 0.3 is 5.97 Å². The zero-order valence-electron chi connectivity index (χ0n) is 4.94. The fourth-order valence-corrected chi connectivity index (χ4v) is 0.151. The lowest BCUT2D eigenvalue weighted by Gasteiger charge is -2.12. The molecule has 0 aliphatic carbocycles. The zero-order valence-corrected chi connectivity index (χ0v) is 6.53. The lowest BCUT2D eigenvalue weighted by Crippen LogP contribution is -2.26. The Kier molecular flexibility index (Phi) is 2.47. The van der Waals surface area contributed by atoms with Crippen molar-refractivity contribution in [2.45, 2.75) is 24.6 Å². The number of rotatable bonds is 2. The molecule has 2 nitrogen and oxygen atoms in total. The van der Waals surface area contributed by atoms with Crippen molar-refractivity contribution >= 4 is 21.9 Å². The number of alkyl halides is 1. The average molecular weight is 181 g/mol. The van der Waals surface area contributed by atoms with Crippen molar-refractivity contribution in [1.29, 1.82) is 0 Å². The van der Waals surface area contributed by atoms with Crippen molar-refractivity contribution in [3.8, 4) is 0 Å². The lowest BCUT2D eigenvalue weighted by molar-refractivity contribution is -0.139. The molecular weight excluding hydrogens is 172 g/mol. The highest BCUT2D eigenvalue weighted by Crippen LogP contribution is 2.20. The van der Waals surface area contributed by atoms with Gasteiger partial charge in [0.1, 0.15) is 4.32 Å². The highest BCUT2D eigenvalue weighted by atomic mass is 79.9. The molecular formula is C5H9BrO2. The lowest BCUT2D eigenvalue weighted by atomic mass is 10.1. The van der Waals surface area contributed by atoms with Crippen LogP contribution in [-0.2, 0) is 4.79 Å². The van der Waals surface area contributed by atoms with Crippen LogP contribution in [0.2, 0.25) is 0 Å². The Bertz CT molecular complexity index is 98.6. The van der Waals surface area contributed by atoms with Gasteiger partial charge in [0, 0.05) is 0 Å². The maximum Gasteiger partial charge on any atom is 0.320 e. The van der Waals surface area contributed by atoms with Crippen LogP contribution in [0.3, 0.4) is 0 Å². The predicted molar refractivity (Wildman–Crippen MR) is 35.3 cm³/mol. The second-order valence-electron chi connectivity index (χ2n) is 1.86. The van der Waals surface area contributed by atoms with Crippen molar-refractivity contribution < 1.29 is 9.90 Å². The van der Waals surface area contributed by atoms with Gasteiger partial charge in [0.25, 0.3) is 0 Å². The van der Waals surface area contributed by atoms with Gasteiger partial charge in [-0.15, -0.1) is 0 Å². The number of carboxylic acid groups (broad SMARTS) is 1. The van der Waals surface area contributed by atoms with Gasteiger partial charge in [-0.1, -0.05) is 22.9 Å². The molecule has 0 amide bonds. The van der Waals surface area contributed by atoms with E-state index in [0.717, 1.165) is 0 Å². The summed E-state index contributed by atoms with van der Waals surface area (Å²) in [7, 11) is 0. The molecule has 0 aliphatic heterocycles. The van der Waals surface area contributed by atoms with E-state index in [-0.39, 0.29) is 0 Å². The minimum absolute atomic E-state index is 0.600. The Morgan fingerprint density at radius 3 is 2.25 bits per heavy atom. The minimum atomic E-state index is -0.806. The van der Waals surface area contributed by atoms with Crippen LogP contribution in [0.25, 0.3) is 0 Å². The van der Waals surface area contributed by atoms with E-state index in [1.807, 2.05) is 6.92 Å². The van der Waals surface area contributed by atoms with Gasteiger partial charge in [-0.05, 0) is 13.3 Å². The average Bonchev–Trinajstić information content (AvgIpc) is 1.67. The second kappa shape index (κ2) is 2.49. The summed E-state index contributed by atoms with van der Waals surface area (Å²) in [5.41, 5.74) is 0. The molecule has 0 aliphatic rings. The quantitative estimate of drug-likeness (QED) is 0.657. The summed E-state index contributed by atoms with van der Waals surface area (Å²) >= 11 is 3.05. The normalized spacial score (nSPS) is 17.4. The van der Waals surface area contributed by atoms with Gasteiger partial charge < -0.3 is 5.11 Å². The van der Waals surface area contributed by atoms with E-state index < -0.39 is 10.3 Å². The van der Waals surface area contributed by atoms with E-state index in [4.69, 9.17) is 5.11 Å². The van der Waals surface area contributed by atoms with Crippen molar-refractivity contribution in [3.63, 3.8) is 0 Å². The molecule has 0 rings (SSSR count). The first kappa shape index (κ1) is 7.95. The van der Waals surface area contributed by atoms with Crippen molar-refractivity contribution in [2.75, 3.05) is 0 Å². The summed E-state index contributed by atoms with van der Waals surface area (Å²) in [5, 5.41) is 8.39. The summed E-state index contributed by atoms with van der Waals surface area (Å²) in [6.07, 6.45) is 0.600. The zero-order chi connectivity index (χ0) is 6.78. The Morgan fingerprint density at radius 1 is 1.88 bits per heavy atom. The number of carbonyl (C=O) groups is 1. The molecule has 0 aromatic heterocycles. The number of halogens is 1. The number of carboxylic acids is 1. The van der Waals surface area contributed by atoms with Crippen LogP contribution in [0, 0.1) is 0 Å². The third-order valence-electron chi connectivity index (χ3n) is 1.11. The standard InChI is InChI=1S/C5H9BrO2/c1-3-5(2,6)4(7)8/h3H2,1-2H3,(H,7,8)/t5-/m0/s1. The van der Waals surface area contributed by atoms with E-state index in [0.29, 0.717) is 6.42 Å². The molecule has 0 bridgehead atoms. The summed E-state index contributed by atoms with van der Waals surface area (Å²) in [6, 6.07) is 0. The molecule has 1 N–H and O–H groups in total. The van der Waals surface area contributed by atoms with E-state index in [9.17, 15) is 4.79 Å². The first-order valence-corrected chi connectivity index (χ1v) is 3.22. The Balaban J connectivity index is 3.91. The van der Waals surface area contributed by atoms with Gasteiger partial charge in [-0.3, -0.25) is 4.79 Å². The van der Waals surface area contributed by atoms with Gasteiger partial charge in [-0.25, -0.2) is 0 Å². The molecule has 1 atom stereocenters. The molecule has 3 heteroatoms. The van der Waals surface area contributed by atoms with E-state index >= 15 is 0 Å². The number of aliphatic carboxylic acids is 1. The van der Waals surface area contributed by atoms with Crippen LogP contribution in [0.5, 0.6) is 0 Å². The fraction of sp³-hybridized carbons (Fsp3) is 0.800. The third-order valence-corrected chi connectivity index (χ3v) is 2.01. The molecule has 48 valence electrons. The van der Waals surface area contributed by atoms with Crippen molar-refractivity contribution in [2.24, 2.45) is 0 Å². The van der Waals surface area contributed by atoms with Crippen LogP contribution in [0.4, 0.5) is 0 Å². The van der Waals surface area contributed by atoms with E-state index in [2.05, 4.69) is 15.9 Å². The molecule has 0 fully saturated rings. The topological polar surface area (TPSA) is 37.3 Å². The SMILES string of the molecule is CC[C@](C)(Br)C(=O)O. The first-order chi connectivity index (χ1) is 3.50. The summed E-state index contributed by atoms with van der Waals surface area (Å²) in [6.45, 7) is 3.46. The largest absolute Gasteiger partial charge is 0.480 e. The van der Waals surface area contributed by atoms with Gasteiger partial charge in [0.05, 0.1) is 0 Å². The molecule has 0 radical (unpaired) electrons. The predicted octanol–water partition coefficient (Wildman–Crippen LogP) is 1.63. The Hall–Kier alpha value is -0.0500. The smallest absolute Gasteiger partial charge is 0.320 e. The Morgan fingerprint density at radius 2 is 2.25 bits per heavy atom. The summed E-state index contributed by atoms with van der Waals surface area (Å²) in [5.74, 6) is -0.806. The van der Waals surface area contributed by atoms with E-state index in [1.165, 1.54) is 0 Å². The van der Waals surface area contributed by atoms with Crippen LogP contribution in [-0.4, -0.2) is 15.4 Å². The van der Waals surface area contributed by atoms with Gasteiger partial charge in [-0.2, -0.15) is 0 Å². The number of hydrogen-bond acceptors (Lipinski definition) is 1. The molecule has 0 heterocycles. The second-order valence-corrected chi connectivity index (χ2v) is 3.61.